The Hall–Kier alpha value is -2.49. The fourth-order valence-corrected chi connectivity index (χ4v) is 11.0. The van der Waals surface area contributed by atoms with Gasteiger partial charge in [0.05, 0.1) is 17.9 Å². The summed E-state index contributed by atoms with van der Waals surface area (Å²) < 4.78 is 27.1. The second-order valence-corrected chi connectivity index (χ2v) is 17.8. The van der Waals surface area contributed by atoms with Crippen LogP contribution in [0.15, 0.2) is 0 Å². The lowest BCUT2D eigenvalue weighted by Crippen LogP contribution is -2.54. The van der Waals surface area contributed by atoms with E-state index in [9.17, 15) is 24.0 Å². The lowest BCUT2D eigenvalue weighted by Gasteiger charge is -2.61. The Kier molecular flexibility index (Phi) is 16.2. The van der Waals surface area contributed by atoms with Crippen LogP contribution in [0.5, 0.6) is 0 Å². The van der Waals surface area contributed by atoms with Crippen LogP contribution >= 0.6 is 0 Å². The Labute approximate surface area is 318 Å². The van der Waals surface area contributed by atoms with Crippen molar-refractivity contribution in [3.05, 3.63) is 0 Å². The van der Waals surface area contributed by atoms with E-state index in [1.165, 1.54) is 52.4 Å². The van der Waals surface area contributed by atoms with Crippen LogP contribution in [0.3, 0.4) is 0 Å². The molecular weight excluding hydrogens is 676 g/mol. The standard InChI is InChI=1S/C43H70O10/c1-28(14-12-10-8-9-11-13-15-29(2)41(48)53-35(25-49-31(4)45)26-50-32(5)46)40(47)52-27-51-34-20-22-42(6)33(24-34)16-17-36-38-19-18-37(30(3)44)43(38,7)23-21-39(36)42/h28-29,33-39H,8-27H2,1-7H3/t28?,29?,33-,34+,36-,37+,38-,39-,42-,43+/m0/s1. The molecule has 2 unspecified atom stereocenters. The number of ketones is 1. The molecule has 10 nitrogen and oxygen atoms in total. The zero-order valence-electron chi connectivity index (χ0n) is 33.9. The Morgan fingerprint density at radius 3 is 1.81 bits per heavy atom. The molecule has 0 N–H and O–H groups in total. The van der Waals surface area contributed by atoms with Crippen LogP contribution in [-0.2, 0) is 47.7 Å². The summed E-state index contributed by atoms with van der Waals surface area (Å²) >= 11 is 0. The Morgan fingerprint density at radius 1 is 0.642 bits per heavy atom. The molecule has 10 atom stereocenters. The summed E-state index contributed by atoms with van der Waals surface area (Å²) in [5, 5.41) is 0. The highest BCUT2D eigenvalue weighted by atomic mass is 16.7. The highest BCUT2D eigenvalue weighted by molar-refractivity contribution is 5.79. The van der Waals surface area contributed by atoms with E-state index in [0.29, 0.717) is 29.5 Å². The molecule has 53 heavy (non-hydrogen) atoms. The summed E-state index contributed by atoms with van der Waals surface area (Å²) in [6.07, 6.45) is 17.4. The smallest absolute Gasteiger partial charge is 0.310 e. The largest absolute Gasteiger partial charge is 0.462 e. The zero-order valence-corrected chi connectivity index (χ0v) is 33.9. The molecule has 0 aromatic rings. The quantitative estimate of drug-likeness (QED) is 0.0517. The minimum absolute atomic E-state index is 0.0429. The van der Waals surface area contributed by atoms with Crippen molar-refractivity contribution in [2.24, 2.45) is 52.3 Å². The molecule has 4 saturated carbocycles. The third-order valence-corrected chi connectivity index (χ3v) is 14.2. The van der Waals surface area contributed by atoms with E-state index < -0.39 is 24.0 Å². The second-order valence-electron chi connectivity index (χ2n) is 17.8. The normalized spacial score (nSPS) is 31.7. The second kappa shape index (κ2) is 19.9. The van der Waals surface area contributed by atoms with E-state index in [0.717, 1.165) is 76.0 Å². The van der Waals surface area contributed by atoms with Crippen LogP contribution in [0, 0.1) is 52.3 Å². The monoisotopic (exact) mass is 746 g/mol. The summed E-state index contributed by atoms with van der Waals surface area (Å²) in [6.45, 7) is 12.8. The average molecular weight is 747 g/mol. The van der Waals surface area contributed by atoms with Crippen molar-refractivity contribution in [3.63, 3.8) is 0 Å². The maximum absolute atomic E-state index is 12.7. The molecule has 0 aromatic heterocycles. The van der Waals surface area contributed by atoms with Crippen molar-refractivity contribution < 1.29 is 47.7 Å². The third kappa shape index (κ3) is 11.5. The van der Waals surface area contributed by atoms with Crippen molar-refractivity contribution in [2.45, 2.75) is 170 Å². The Morgan fingerprint density at radius 2 is 1.21 bits per heavy atom. The number of carbonyl (C=O) groups excluding carboxylic acids is 5. The number of rotatable bonds is 20. The van der Waals surface area contributed by atoms with Gasteiger partial charge in [-0.15, -0.1) is 0 Å². The molecule has 0 aliphatic heterocycles. The number of carbonyl (C=O) groups is 5. The first-order chi connectivity index (χ1) is 25.2. The van der Waals surface area contributed by atoms with Crippen LogP contribution in [0.1, 0.15) is 158 Å². The van der Waals surface area contributed by atoms with Gasteiger partial charge in [-0.25, -0.2) is 0 Å². The first-order valence-corrected chi connectivity index (χ1v) is 20.9. The van der Waals surface area contributed by atoms with Gasteiger partial charge >= 0.3 is 23.9 Å². The number of hydrogen-bond acceptors (Lipinski definition) is 10. The van der Waals surface area contributed by atoms with Crippen LogP contribution in [0.2, 0.25) is 0 Å². The van der Waals surface area contributed by atoms with E-state index in [1.54, 1.807) is 0 Å². The first kappa shape index (κ1) is 43.2. The maximum Gasteiger partial charge on any atom is 0.310 e. The summed E-state index contributed by atoms with van der Waals surface area (Å²) in [5.41, 5.74) is 0.554. The highest BCUT2D eigenvalue weighted by Gasteiger charge is 2.60. The van der Waals surface area contributed by atoms with Crippen molar-refractivity contribution in [1.82, 2.24) is 0 Å². The number of unbranched alkanes of at least 4 members (excludes halogenated alkanes) is 5. The van der Waals surface area contributed by atoms with Crippen molar-refractivity contribution in [3.8, 4) is 0 Å². The van der Waals surface area contributed by atoms with E-state index in [4.69, 9.17) is 23.7 Å². The van der Waals surface area contributed by atoms with Crippen LogP contribution in [0.4, 0.5) is 0 Å². The Balaban J connectivity index is 1.04. The SMILES string of the molecule is CC(=O)OCC(COC(C)=O)OC(=O)C(C)CCCCCCCCC(C)C(=O)OCO[C@@H]1CC[C@@]2(C)[C@@H](CC[C@@H]3[C@@H]2CC[C@]2(C)[C@@H](C(C)=O)CC[C@@H]32)C1. The average Bonchev–Trinajstić information content (AvgIpc) is 3.47. The molecule has 0 saturated heterocycles. The number of Topliss-reactive ketones (excluding diaryl/α,β-unsaturated/α-hetero) is 1. The van der Waals surface area contributed by atoms with E-state index in [-0.39, 0.29) is 55.2 Å². The van der Waals surface area contributed by atoms with Crippen LogP contribution in [0.25, 0.3) is 0 Å². The van der Waals surface area contributed by atoms with E-state index in [1.807, 2.05) is 20.8 Å². The van der Waals surface area contributed by atoms with E-state index >= 15 is 0 Å². The first-order valence-electron chi connectivity index (χ1n) is 20.9. The predicted molar refractivity (Wildman–Crippen MR) is 200 cm³/mol. The van der Waals surface area contributed by atoms with Gasteiger partial charge in [-0.2, -0.15) is 0 Å². The summed E-state index contributed by atoms with van der Waals surface area (Å²) in [5.74, 6) is 1.50. The van der Waals surface area contributed by atoms with Gasteiger partial charge in [0.15, 0.2) is 12.9 Å². The van der Waals surface area contributed by atoms with Gasteiger partial charge in [-0.05, 0) is 112 Å². The number of esters is 4. The van der Waals surface area contributed by atoms with Crippen molar-refractivity contribution in [1.29, 1.82) is 0 Å². The van der Waals surface area contributed by atoms with Gasteiger partial charge in [-0.3, -0.25) is 24.0 Å². The van der Waals surface area contributed by atoms with Gasteiger partial charge in [0.1, 0.15) is 19.0 Å². The minimum atomic E-state index is -0.825. The molecule has 302 valence electrons. The number of fused-ring (bicyclic) bond motifs is 5. The molecule has 10 heteroatoms. The predicted octanol–water partition coefficient (Wildman–Crippen LogP) is 8.55. The molecule has 4 rings (SSSR count). The third-order valence-electron chi connectivity index (χ3n) is 14.2. The molecule has 4 aliphatic rings. The topological polar surface area (TPSA) is 132 Å². The van der Waals surface area contributed by atoms with Gasteiger partial charge in [0.25, 0.3) is 0 Å². The van der Waals surface area contributed by atoms with Crippen molar-refractivity contribution in [2.75, 3.05) is 20.0 Å². The summed E-state index contributed by atoms with van der Waals surface area (Å²) in [4.78, 5) is 60.0. The lowest BCUT2D eigenvalue weighted by atomic mass is 9.44. The molecule has 0 amide bonds. The Bertz CT molecular complexity index is 1230. The molecule has 0 aromatic carbocycles. The molecule has 0 radical (unpaired) electrons. The minimum Gasteiger partial charge on any atom is -0.462 e. The molecule has 0 heterocycles. The summed E-state index contributed by atoms with van der Waals surface area (Å²) in [7, 11) is 0. The molecule has 4 aliphatic carbocycles. The number of ether oxygens (including phenoxy) is 5. The van der Waals surface area contributed by atoms with E-state index in [2.05, 4.69) is 13.8 Å². The summed E-state index contributed by atoms with van der Waals surface area (Å²) in [6, 6.07) is 0. The zero-order chi connectivity index (χ0) is 38.8. The maximum atomic E-state index is 12.7. The molecule has 4 fully saturated rings. The fraction of sp³-hybridized carbons (Fsp3) is 0.884. The van der Waals surface area contributed by atoms with Gasteiger partial charge in [0, 0.05) is 19.8 Å². The highest BCUT2D eigenvalue weighted by Crippen LogP contribution is 2.67. The van der Waals surface area contributed by atoms with Crippen LogP contribution < -0.4 is 0 Å². The fourth-order valence-electron chi connectivity index (χ4n) is 11.0. The molecular formula is C43H70O10. The van der Waals surface area contributed by atoms with Crippen molar-refractivity contribution >= 4 is 29.7 Å². The lowest BCUT2D eigenvalue weighted by molar-refractivity contribution is -0.177. The molecule has 0 spiro atoms. The van der Waals surface area contributed by atoms with Crippen LogP contribution in [-0.4, -0.2) is 61.9 Å². The van der Waals surface area contributed by atoms with Gasteiger partial charge in [0.2, 0.25) is 0 Å². The molecule has 0 bridgehead atoms. The van der Waals surface area contributed by atoms with Gasteiger partial charge in [-0.1, -0.05) is 66.2 Å². The number of hydrogen-bond donors (Lipinski definition) is 0. The van der Waals surface area contributed by atoms with Gasteiger partial charge < -0.3 is 23.7 Å².